The lowest BCUT2D eigenvalue weighted by atomic mass is 10.0. The Bertz CT molecular complexity index is 1270. The fourth-order valence-corrected chi connectivity index (χ4v) is 10.9. The second-order valence-electron chi connectivity index (χ2n) is 13.1. The Labute approximate surface area is 286 Å². The highest BCUT2D eigenvalue weighted by Crippen LogP contribution is 2.58. The number of esters is 1. The first-order chi connectivity index (χ1) is 23.2. The van der Waals surface area contributed by atoms with Crippen LogP contribution in [0.5, 0.6) is 0 Å². The number of hydrogen-bond acceptors (Lipinski definition) is 2. The van der Waals surface area contributed by atoms with Gasteiger partial charge in [-0.3, -0.25) is 0 Å². The molecule has 0 aromatic heterocycles. The van der Waals surface area contributed by atoms with Crippen molar-refractivity contribution < 1.29 is 9.53 Å². The smallest absolute Gasteiger partial charge is 0.338 e. The first kappa shape index (κ1) is 36.6. The van der Waals surface area contributed by atoms with Crippen molar-refractivity contribution in [3.8, 4) is 0 Å². The minimum Gasteiger partial charge on any atom is -0.462 e. The van der Waals surface area contributed by atoms with Gasteiger partial charge in [-0.2, -0.15) is 0 Å². The molecule has 47 heavy (non-hydrogen) atoms. The highest BCUT2D eigenvalue weighted by atomic mass is 31.2. The zero-order chi connectivity index (χ0) is 32.8. The zero-order valence-corrected chi connectivity index (χ0v) is 29.9. The standard InChI is InChI=1S/C44H58O2P/c1-2-3-4-5-6-7-8-9-10-11-12-13-14-15-16-26-37-46-44(45)40-35-33-39(34-36-40)38-47(41-27-20-17-21-28-41,42-29-22-18-23-30-42)43-31-24-19-25-32-43/h17-25,27-36H,2-16,26,37-38H2,1H3/q+1. The summed E-state index contributed by atoms with van der Waals surface area (Å²) in [5.41, 5.74) is 1.86. The number of ether oxygens (including phenoxy) is 1. The van der Waals surface area contributed by atoms with E-state index in [4.69, 9.17) is 4.74 Å². The maximum atomic E-state index is 12.9. The SMILES string of the molecule is CCCCCCCCCCCCCCCCCCOC(=O)c1ccc(C[P+](c2ccccc2)(c2ccccc2)c2ccccc2)cc1. The molecule has 0 spiro atoms. The van der Waals surface area contributed by atoms with E-state index < -0.39 is 7.26 Å². The second kappa shape index (κ2) is 21.6. The quantitative estimate of drug-likeness (QED) is 0.0454. The van der Waals surface area contributed by atoms with Crippen LogP contribution in [0.25, 0.3) is 0 Å². The molecule has 4 aromatic rings. The summed E-state index contributed by atoms with van der Waals surface area (Å²) in [5, 5.41) is 4.08. The van der Waals surface area contributed by atoms with E-state index in [1.807, 2.05) is 12.1 Å². The molecule has 0 aliphatic rings. The lowest BCUT2D eigenvalue weighted by Gasteiger charge is -2.28. The van der Waals surface area contributed by atoms with Gasteiger partial charge >= 0.3 is 5.97 Å². The normalized spacial score (nSPS) is 11.4. The number of carbonyl (C=O) groups is 1. The van der Waals surface area contributed by atoms with Crippen LogP contribution in [0.1, 0.15) is 126 Å². The fourth-order valence-electron chi connectivity index (χ4n) is 6.69. The summed E-state index contributed by atoms with van der Waals surface area (Å²) in [6.45, 7) is 2.79. The van der Waals surface area contributed by atoms with Gasteiger partial charge in [0.25, 0.3) is 0 Å². The summed E-state index contributed by atoms with van der Waals surface area (Å²) < 4.78 is 5.66. The third-order valence-corrected chi connectivity index (χ3v) is 13.8. The Morgan fingerprint density at radius 3 is 1.21 bits per heavy atom. The van der Waals surface area contributed by atoms with Gasteiger partial charge in [-0.05, 0) is 60.5 Å². The molecule has 4 aromatic carbocycles. The van der Waals surface area contributed by atoms with Gasteiger partial charge in [0.15, 0.2) is 0 Å². The van der Waals surface area contributed by atoms with Crippen molar-refractivity contribution in [2.24, 2.45) is 0 Å². The van der Waals surface area contributed by atoms with Crippen LogP contribution >= 0.6 is 7.26 Å². The highest BCUT2D eigenvalue weighted by molar-refractivity contribution is 7.95. The number of rotatable bonds is 23. The molecular formula is C44H58O2P+. The maximum absolute atomic E-state index is 12.9. The first-order valence-corrected chi connectivity index (χ1v) is 20.5. The van der Waals surface area contributed by atoms with Gasteiger partial charge in [0.05, 0.1) is 18.3 Å². The Balaban J connectivity index is 1.19. The molecule has 0 fully saturated rings. The van der Waals surface area contributed by atoms with Crippen molar-refractivity contribution >= 4 is 29.1 Å². The third-order valence-electron chi connectivity index (χ3n) is 9.43. The van der Waals surface area contributed by atoms with Gasteiger partial charge in [-0.1, -0.05) is 170 Å². The molecule has 0 saturated carbocycles. The Morgan fingerprint density at radius 1 is 0.468 bits per heavy atom. The molecule has 0 N–H and O–H groups in total. The van der Waals surface area contributed by atoms with Gasteiger partial charge in [0, 0.05) is 0 Å². The summed E-state index contributed by atoms with van der Waals surface area (Å²) in [6.07, 6.45) is 22.3. The molecule has 0 radical (unpaired) electrons. The number of carbonyl (C=O) groups excluding carboxylic acids is 1. The van der Waals surface area contributed by atoms with E-state index in [1.165, 1.54) is 111 Å². The Hall–Kier alpha value is -3.22. The molecule has 250 valence electrons. The third kappa shape index (κ3) is 12.1. The maximum Gasteiger partial charge on any atom is 0.338 e. The topological polar surface area (TPSA) is 26.3 Å². The predicted molar refractivity (Wildman–Crippen MR) is 205 cm³/mol. The first-order valence-electron chi connectivity index (χ1n) is 18.5. The molecule has 4 rings (SSSR count). The van der Waals surface area contributed by atoms with E-state index >= 15 is 0 Å². The average molecular weight is 650 g/mol. The van der Waals surface area contributed by atoms with Gasteiger partial charge < -0.3 is 4.74 Å². The predicted octanol–water partition coefficient (Wildman–Crippen LogP) is 11.6. The Morgan fingerprint density at radius 2 is 0.830 bits per heavy atom. The van der Waals surface area contributed by atoms with Crippen LogP contribution in [0.3, 0.4) is 0 Å². The highest BCUT2D eigenvalue weighted by Gasteiger charge is 2.45. The van der Waals surface area contributed by atoms with Gasteiger partial charge in [-0.25, -0.2) is 4.79 Å². The van der Waals surface area contributed by atoms with Crippen LogP contribution in [-0.4, -0.2) is 12.6 Å². The van der Waals surface area contributed by atoms with Crippen LogP contribution in [0.15, 0.2) is 115 Å². The molecule has 0 atom stereocenters. The lowest BCUT2D eigenvalue weighted by Crippen LogP contribution is -2.32. The summed E-state index contributed by atoms with van der Waals surface area (Å²) in [5.74, 6) is -0.215. The van der Waals surface area contributed by atoms with Gasteiger partial charge in [0.1, 0.15) is 23.2 Å². The second-order valence-corrected chi connectivity index (χ2v) is 16.6. The summed E-state index contributed by atoms with van der Waals surface area (Å²) in [7, 11) is -1.98. The average Bonchev–Trinajstić information content (AvgIpc) is 3.13. The zero-order valence-electron chi connectivity index (χ0n) is 29.0. The lowest BCUT2D eigenvalue weighted by molar-refractivity contribution is 0.0497. The van der Waals surface area contributed by atoms with Crippen molar-refractivity contribution in [3.05, 3.63) is 126 Å². The molecule has 2 nitrogen and oxygen atoms in total. The van der Waals surface area contributed by atoms with Crippen molar-refractivity contribution in [1.82, 2.24) is 0 Å². The van der Waals surface area contributed by atoms with E-state index in [1.54, 1.807) is 0 Å². The molecule has 0 aliphatic carbocycles. The van der Waals surface area contributed by atoms with E-state index in [0.717, 1.165) is 19.0 Å². The molecule has 0 bridgehead atoms. The van der Waals surface area contributed by atoms with Crippen LogP contribution in [0.2, 0.25) is 0 Å². The van der Waals surface area contributed by atoms with Crippen molar-refractivity contribution in [3.63, 3.8) is 0 Å². The molecule has 3 heteroatoms. The van der Waals surface area contributed by atoms with Gasteiger partial charge in [-0.15, -0.1) is 0 Å². The molecule has 0 unspecified atom stereocenters. The van der Waals surface area contributed by atoms with Crippen LogP contribution in [0, 0.1) is 0 Å². The minimum absolute atomic E-state index is 0.215. The fraction of sp³-hybridized carbons (Fsp3) is 0.432. The van der Waals surface area contributed by atoms with Gasteiger partial charge in [0.2, 0.25) is 0 Å². The Kier molecular flexibility index (Phi) is 16.8. The number of benzene rings is 4. The number of hydrogen-bond donors (Lipinski definition) is 0. The molecular weight excluding hydrogens is 591 g/mol. The molecule has 0 heterocycles. The summed E-state index contributed by atoms with van der Waals surface area (Å²) in [6, 6.07) is 40.9. The van der Waals surface area contributed by atoms with Crippen LogP contribution in [0.4, 0.5) is 0 Å². The molecule has 0 saturated heterocycles. The van der Waals surface area contributed by atoms with Crippen LogP contribution < -0.4 is 15.9 Å². The van der Waals surface area contributed by atoms with E-state index in [9.17, 15) is 4.79 Å². The van der Waals surface area contributed by atoms with Crippen molar-refractivity contribution in [2.45, 2.75) is 116 Å². The summed E-state index contributed by atoms with van der Waals surface area (Å²) in [4.78, 5) is 12.9. The minimum atomic E-state index is -1.98. The van der Waals surface area contributed by atoms with Crippen molar-refractivity contribution in [1.29, 1.82) is 0 Å². The number of unbranched alkanes of at least 4 members (excludes halogenated alkanes) is 15. The molecule has 0 amide bonds. The van der Waals surface area contributed by atoms with E-state index in [2.05, 4.69) is 110 Å². The van der Waals surface area contributed by atoms with E-state index in [-0.39, 0.29) is 5.97 Å². The van der Waals surface area contributed by atoms with Crippen LogP contribution in [-0.2, 0) is 10.9 Å². The summed E-state index contributed by atoms with van der Waals surface area (Å²) >= 11 is 0. The van der Waals surface area contributed by atoms with Crippen molar-refractivity contribution in [2.75, 3.05) is 6.61 Å². The largest absolute Gasteiger partial charge is 0.462 e. The molecule has 0 aliphatic heterocycles. The monoisotopic (exact) mass is 649 g/mol. The van der Waals surface area contributed by atoms with E-state index in [0.29, 0.717) is 12.2 Å².